The van der Waals surface area contributed by atoms with Crippen molar-refractivity contribution in [3.8, 4) is 17.9 Å². The minimum absolute atomic E-state index is 0.462. The van der Waals surface area contributed by atoms with Crippen molar-refractivity contribution in [2.45, 2.75) is 6.92 Å². The van der Waals surface area contributed by atoms with E-state index in [2.05, 4.69) is 32.8 Å². The van der Waals surface area contributed by atoms with Gasteiger partial charge in [-0.3, -0.25) is 0 Å². The minimum Gasteiger partial charge on any atom is -0.244 e. The van der Waals surface area contributed by atoms with E-state index in [1.807, 2.05) is 19.1 Å². The fourth-order valence-electron chi connectivity index (χ4n) is 0.896. The average Bonchev–Trinajstić information content (AvgIpc) is 2.15. The number of nitriles is 1. The third kappa shape index (κ3) is 2.57. The highest BCUT2D eigenvalue weighted by atomic mass is 79.9. The molecule has 0 aliphatic carbocycles. The molecular formula is C10H7BrN2. The summed E-state index contributed by atoms with van der Waals surface area (Å²) in [7, 11) is 0. The van der Waals surface area contributed by atoms with Gasteiger partial charge in [-0.15, -0.1) is 0 Å². The van der Waals surface area contributed by atoms with Gasteiger partial charge in [0, 0.05) is 11.8 Å². The van der Waals surface area contributed by atoms with E-state index in [-0.39, 0.29) is 0 Å². The molecule has 0 radical (unpaired) electrons. The van der Waals surface area contributed by atoms with Crippen molar-refractivity contribution in [2.24, 2.45) is 0 Å². The van der Waals surface area contributed by atoms with E-state index in [9.17, 15) is 0 Å². The van der Waals surface area contributed by atoms with E-state index in [1.54, 1.807) is 6.20 Å². The summed E-state index contributed by atoms with van der Waals surface area (Å²) in [5, 5.41) is 9.27. The van der Waals surface area contributed by atoms with Crippen molar-refractivity contribution < 1.29 is 0 Å². The highest BCUT2D eigenvalue weighted by Crippen LogP contribution is 2.05. The first kappa shape index (κ1) is 9.77. The van der Waals surface area contributed by atoms with E-state index in [1.165, 1.54) is 0 Å². The summed E-state index contributed by atoms with van der Waals surface area (Å²) in [5.74, 6) is 5.79. The Kier molecular flexibility index (Phi) is 3.49. The largest absolute Gasteiger partial charge is 0.244 e. The van der Waals surface area contributed by atoms with E-state index < -0.39 is 0 Å². The van der Waals surface area contributed by atoms with Gasteiger partial charge in [-0.25, -0.2) is 4.98 Å². The fraction of sp³-hybridized carbons (Fsp3) is 0.200. The lowest BCUT2D eigenvalue weighted by Crippen LogP contribution is -1.89. The molecule has 0 fully saturated rings. The van der Waals surface area contributed by atoms with Crippen LogP contribution in [0.3, 0.4) is 0 Å². The zero-order valence-corrected chi connectivity index (χ0v) is 8.72. The molecule has 0 aromatic carbocycles. The highest BCUT2D eigenvalue weighted by molar-refractivity contribution is 9.09. The molecule has 0 saturated carbocycles. The lowest BCUT2D eigenvalue weighted by molar-refractivity contribution is 1.20. The molecule has 1 rings (SSSR count). The standard InChI is InChI=1S/C10H7BrN2/c1-8-5-9(3-2-4-11)7-13-10(8)6-12/h5,7H,4H2,1H3. The first-order valence-electron chi connectivity index (χ1n) is 3.69. The summed E-state index contributed by atoms with van der Waals surface area (Å²) >= 11 is 3.21. The first-order valence-corrected chi connectivity index (χ1v) is 4.81. The summed E-state index contributed by atoms with van der Waals surface area (Å²) in [5.41, 5.74) is 2.17. The van der Waals surface area contributed by atoms with Crippen LogP contribution in [0, 0.1) is 30.1 Å². The Morgan fingerprint density at radius 1 is 1.62 bits per heavy atom. The number of aryl methyl sites for hydroxylation is 1. The smallest absolute Gasteiger partial charge is 0.143 e. The van der Waals surface area contributed by atoms with Crippen LogP contribution in [0.2, 0.25) is 0 Å². The zero-order chi connectivity index (χ0) is 9.68. The maximum atomic E-state index is 8.63. The van der Waals surface area contributed by atoms with Crippen LogP contribution in [0.5, 0.6) is 0 Å². The Morgan fingerprint density at radius 3 is 2.92 bits per heavy atom. The second-order valence-electron chi connectivity index (χ2n) is 2.44. The molecule has 0 N–H and O–H groups in total. The lowest BCUT2D eigenvalue weighted by atomic mass is 10.2. The molecule has 1 aromatic rings. The van der Waals surface area contributed by atoms with Gasteiger partial charge in [0.05, 0.1) is 5.33 Å². The number of pyridine rings is 1. The number of nitrogens with zero attached hydrogens (tertiary/aromatic N) is 2. The van der Waals surface area contributed by atoms with Crippen LogP contribution in [0.15, 0.2) is 12.3 Å². The van der Waals surface area contributed by atoms with Crippen molar-refractivity contribution in [2.75, 3.05) is 5.33 Å². The number of rotatable bonds is 0. The van der Waals surface area contributed by atoms with Crippen molar-refractivity contribution in [1.29, 1.82) is 5.26 Å². The summed E-state index contributed by atoms with van der Waals surface area (Å²) in [4.78, 5) is 3.97. The topological polar surface area (TPSA) is 36.7 Å². The molecule has 0 aliphatic heterocycles. The van der Waals surface area contributed by atoms with E-state index in [4.69, 9.17) is 5.26 Å². The summed E-state index contributed by atoms with van der Waals surface area (Å²) < 4.78 is 0. The maximum Gasteiger partial charge on any atom is 0.143 e. The van der Waals surface area contributed by atoms with Crippen molar-refractivity contribution >= 4 is 15.9 Å². The van der Waals surface area contributed by atoms with Crippen LogP contribution in [0.4, 0.5) is 0 Å². The van der Waals surface area contributed by atoms with Crippen molar-refractivity contribution in [3.63, 3.8) is 0 Å². The third-order valence-electron chi connectivity index (χ3n) is 1.48. The molecule has 0 saturated heterocycles. The van der Waals surface area contributed by atoms with Crippen LogP contribution in [-0.4, -0.2) is 10.3 Å². The quantitative estimate of drug-likeness (QED) is 0.509. The monoisotopic (exact) mass is 234 g/mol. The first-order chi connectivity index (χ1) is 6.27. The highest BCUT2D eigenvalue weighted by Gasteiger charge is 1.97. The Labute approximate surface area is 85.7 Å². The summed E-state index contributed by atoms with van der Waals surface area (Å²) in [6, 6.07) is 3.87. The van der Waals surface area contributed by atoms with Gasteiger partial charge in [0.25, 0.3) is 0 Å². The lowest BCUT2D eigenvalue weighted by Gasteiger charge is -1.95. The number of hydrogen-bond donors (Lipinski definition) is 0. The van der Waals surface area contributed by atoms with Gasteiger partial charge in [0.15, 0.2) is 0 Å². The molecule has 0 spiro atoms. The van der Waals surface area contributed by atoms with E-state index in [0.717, 1.165) is 11.1 Å². The molecule has 2 nitrogen and oxygen atoms in total. The Morgan fingerprint density at radius 2 is 2.38 bits per heavy atom. The zero-order valence-electron chi connectivity index (χ0n) is 7.13. The van der Waals surface area contributed by atoms with Crippen molar-refractivity contribution in [3.05, 3.63) is 29.1 Å². The fourth-order valence-corrected chi connectivity index (χ4v) is 1.04. The Hall–Kier alpha value is -1.32. The normalized spacial score (nSPS) is 8.38. The minimum atomic E-state index is 0.462. The van der Waals surface area contributed by atoms with Crippen LogP contribution < -0.4 is 0 Å². The van der Waals surface area contributed by atoms with Gasteiger partial charge in [-0.05, 0) is 18.6 Å². The predicted molar refractivity (Wildman–Crippen MR) is 54.4 cm³/mol. The number of halogens is 1. The average molecular weight is 235 g/mol. The van der Waals surface area contributed by atoms with Crippen LogP contribution in [0.1, 0.15) is 16.8 Å². The van der Waals surface area contributed by atoms with Gasteiger partial charge in [0.2, 0.25) is 0 Å². The molecule has 13 heavy (non-hydrogen) atoms. The molecule has 3 heteroatoms. The van der Waals surface area contributed by atoms with E-state index >= 15 is 0 Å². The Bertz CT molecular complexity index is 407. The molecular weight excluding hydrogens is 228 g/mol. The van der Waals surface area contributed by atoms with Gasteiger partial charge in [-0.1, -0.05) is 27.8 Å². The van der Waals surface area contributed by atoms with Crippen LogP contribution in [-0.2, 0) is 0 Å². The molecule has 1 aromatic heterocycles. The van der Waals surface area contributed by atoms with Gasteiger partial charge in [0.1, 0.15) is 11.8 Å². The number of aromatic nitrogens is 1. The second-order valence-corrected chi connectivity index (χ2v) is 3.00. The molecule has 0 unspecified atom stereocenters. The summed E-state index contributed by atoms with van der Waals surface area (Å²) in [6.45, 7) is 1.85. The molecule has 0 amide bonds. The molecule has 0 atom stereocenters. The van der Waals surface area contributed by atoms with Gasteiger partial charge in [-0.2, -0.15) is 5.26 Å². The van der Waals surface area contributed by atoms with Crippen molar-refractivity contribution in [1.82, 2.24) is 4.98 Å². The van der Waals surface area contributed by atoms with Crippen LogP contribution >= 0.6 is 15.9 Å². The molecule has 0 aliphatic rings. The predicted octanol–water partition coefficient (Wildman–Crippen LogP) is 2.01. The third-order valence-corrected chi connectivity index (χ3v) is 1.76. The van der Waals surface area contributed by atoms with Crippen LogP contribution in [0.25, 0.3) is 0 Å². The van der Waals surface area contributed by atoms with E-state index in [0.29, 0.717) is 11.0 Å². The second kappa shape index (κ2) is 4.64. The number of hydrogen-bond acceptors (Lipinski definition) is 2. The molecule has 0 bridgehead atoms. The SMILES string of the molecule is Cc1cc(C#CCBr)cnc1C#N. The van der Waals surface area contributed by atoms with Gasteiger partial charge < -0.3 is 0 Å². The maximum absolute atomic E-state index is 8.63. The summed E-state index contributed by atoms with van der Waals surface area (Å²) in [6.07, 6.45) is 1.61. The molecule has 64 valence electrons. The Balaban J connectivity index is 3.04. The van der Waals surface area contributed by atoms with Gasteiger partial charge >= 0.3 is 0 Å². The number of alkyl halides is 1. The molecule has 1 heterocycles.